The van der Waals surface area contributed by atoms with Gasteiger partial charge in [-0.25, -0.2) is 14.8 Å². The molecule has 1 fully saturated rings. The Hall–Kier alpha value is -4.45. The highest BCUT2D eigenvalue weighted by molar-refractivity contribution is 6.07. The smallest absolute Gasteiger partial charge is 0.417 e. The SMILES string of the molecule is CCc1cc(Oc2ncnc3cc(OC)ccc23)ccc1N1C(=O)N(c2cncc(C(F)(F)F)c2)CC1O. The van der Waals surface area contributed by atoms with Crippen LogP contribution in [0.5, 0.6) is 17.4 Å². The van der Waals surface area contributed by atoms with E-state index in [-0.39, 0.29) is 12.2 Å². The summed E-state index contributed by atoms with van der Waals surface area (Å²) in [6.07, 6.45) is -2.20. The zero-order valence-corrected chi connectivity index (χ0v) is 20.3. The van der Waals surface area contributed by atoms with Gasteiger partial charge < -0.3 is 14.6 Å². The molecule has 1 N–H and O–H groups in total. The Morgan fingerprint density at radius 1 is 1.08 bits per heavy atom. The molecular weight excluding hydrogens is 503 g/mol. The minimum Gasteiger partial charge on any atom is -0.497 e. The number of ether oxygens (including phenoxy) is 2. The number of anilines is 2. The lowest BCUT2D eigenvalue weighted by molar-refractivity contribution is -0.137. The predicted octanol–water partition coefficient (Wildman–Crippen LogP) is 5.17. The van der Waals surface area contributed by atoms with E-state index in [9.17, 15) is 23.1 Å². The molecule has 0 radical (unpaired) electrons. The van der Waals surface area contributed by atoms with E-state index in [0.717, 1.165) is 22.1 Å². The zero-order valence-electron chi connectivity index (χ0n) is 20.3. The van der Waals surface area contributed by atoms with Crippen LogP contribution in [-0.2, 0) is 12.6 Å². The van der Waals surface area contributed by atoms with Crippen LogP contribution >= 0.6 is 0 Å². The highest BCUT2D eigenvalue weighted by Gasteiger charge is 2.40. The van der Waals surface area contributed by atoms with Crippen molar-refractivity contribution in [1.82, 2.24) is 15.0 Å². The lowest BCUT2D eigenvalue weighted by atomic mass is 10.1. The van der Waals surface area contributed by atoms with Crippen LogP contribution in [0.15, 0.2) is 61.2 Å². The molecule has 0 bridgehead atoms. The molecule has 2 aromatic carbocycles. The van der Waals surface area contributed by atoms with Crippen molar-refractivity contribution in [3.63, 3.8) is 0 Å². The summed E-state index contributed by atoms with van der Waals surface area (Å²) in [5, 5.41) is 11.4. The third kappa shape index (κ3) is 4.65. The third-order valence-electron chi connectivity index (χ3n) is 6.16. The molecule has 0 aliphatic carbocycles. The monoisotopic (exact) mass is 525 g/mol. The van der Waals surface area contributed by atoms with Crippen molar-refractivity contribution in [1.29, 1.82) is 0 Å². The lowest BCUT2D eigenvalue weighted by Gasteiger charge is -2.23. The summed E-state index contributed by atoms with van der Waals surface area (Å²) in [6.45, 7) is 1.65. The first-order valence-electron chi connectivity index (χ1n) is 11.6. The molecule has 1 aliphatic rings. The van der Waals surface area contributed by atoms with E-state index in [2.05, 4.69) is 15.0 Å². The number of nitrogens with zero attached hydrogens (tertiary/aromatic N) is 5. The standard InChI is InChI=1S/C26H22F3N5O4/c1-3-15-8-19(38-24-20-6-4-18(37-2)10-21(20)31-14-32-24)5-7-22(15)34-23(35)13-33(25(34)36)17-9-16(11-30-12-17)26(27,28)29/h4-12,14,23,35H,3,13H2,1-2H3. The van der Waals surface area contributed by atoms with Gasteiger partial charge >= 0.3 is 12.2 Å². The first-order chi connectivity index (χ1) is 18.2. The summed E-state index contributed by atoms with van der Waals surface area (Å²) in [5.74, 6) is 1.41. The van der Waals surface area contributed by atoms with E-state index in [0.29, 0.717) is 52.2 Å². The number of carbonyl (C=O) groups is 1. The van der Waals surface area contributed by atoms with Crippen molar-refractivity contribution >= 4 is 28.3 Å². The second kappa shape index (κ2) is 9.78. The van der Waals surface area contributed by atoms with Crippen LogP contribution in [-0.4, -0.2) is 46.0 Å². The summed E-state index contributed by atoms with van der Waals surface area (Å²) in [4.78, 5) is 27.6. The van der Waals surface area contributed by atoms with Gasteiger partial charge in [0, 0.05) is 12.3 Å². The largest absolute Gasteiger partial charge is 0.497 e. The molecule has 196 valence electrons. The quantitative estimate of drug-likeness (QED) is 0.371. The number of alkyl halides is 3. The Kier molecular flexibility index (Phi) is 6.49. The van der Waals surface area contributed by atoms with E-state index >= 15 is 0 Å². The number of amides is 2. The third-order valence-corrected chi connectivity index (χ3v) is 6.16. The number of fused-ring (bicyclic) bond motifs is 1. The second-order valence-electron chi connectivity index (χ2n) is 8.48. The summed E-state index contributed by atoms with van der Waals surface area (Å²) >= 11 is 0. The minimum absolute atomic E-state index is 0.0587. The highest BCUT2D eigenvalue weighted by Crippen LogP contribution is 2.36. The van der Waals surface area contributed by atoms with Crippen molar-refractivity contribution in [3.05, 3.63) is 72.3 Å². The molecule has 38 heavy (non-hydrogen) atoms. The summed E-state index contributed by atoms with van der Waals surface area (Å²) in [6, 6.07) is 10.5. The lowest BCUT2D eigenvalue weighted by Crippen LogP contribution is -2.35. The Morgan fingerprint density at radius 3 is 2.61 bits per heavy atom. The molecule has 2 amide bonds. The van der Waals surface area contributed by atoms with E-state index in [1.807, 2.05) is 6.92 Å². The van der Waals surface area contributed by atoms with Crippen molar-refractivity contribution in [2.75, 3.05) is 23.5 Å². The first-order valence-corrected chi connectivity index (χ1v) is 11.6. The molecule has 1 aliphatic heterocycles. The van der Waals surface area contributed by atoms with Gasteiger partial charge in [-0.15, -0.1) is 0 Å². The number of pyridine rings is 1. The summed E-state index contributed by atoms with van der Waals surface area (Å²) in [7, 11) is 1.56. The van der Waals surface area contributed by atoms with Crippen LogP contribution < -0.4 is 19.3 Å². The molecule has 0 spiro atoms. The van der Waals surface area contributed by atoms with E-state index < -0.39 is 24.0 Å². The number of carbonyl (C=O) groups excluding carboxylic acids is 1. The van der Waals surface area contributed by atoms with Crippen molar-refractivity contribution in [2.45, 2.75) is 25.7 Å². The van der Waals surface area contributed by atoms with Gasteiger partial charge in [0.25, 0.3) is 0 Å². The molecule has 9 nitrogen and oxygen atoms in total. The summed E-state index contributed by atoms with van der Waals surface area (Å²) < 4.78 is 50.7. The van der Waals surface area contributed by atoms with E-state index in [1.165, 1.54) is 6.33 Å². The van der Waals surface area contributed by atoms with Gasteiger partial charge in [-0.3, -0.25) is 14.8 Å². The summed E-state index contributed by atoms with van der Waals surface area (Å²) in [5.41, 5.74) is 0.687. The Morgan fingerprint density at radius 2 is 1.87 bits per heavy atom. The number of aliphatic hydroxyl groups is 1. The molecule has 2 aromatic heterocycles. The van der Waals surface area contributed by atoms with E-state index in [1.54, 1.807) is 43.5 Å². The molecule has 0 saturated carbocycles. The molecule has 1 unspecified atom stereocenters. The van der Waals surface area contributed by atoms with Gasteiger partial charge in [0.2, 0.25) is 5.88 Å². The molecular formula is C26H22F3N5O4. The average molecular weight is 525 g/mol. The molecule has 12 heteroatoms. The highest BCUT2D eigenvalue weighted by atomic mass is 19.4. The van der Waals surface area contributed by atoms with Crippen LogP contribution in [0, 0.1) is 0 Å². The molecule has 4 aromatic rings. The van der Waals surface area contributed by atoms with Crippen LogP contribution in [0.2, 0.25) is 0 Å². The number of rotatable bonds is 6. The van der Waals surface area contributed by atoms with Crippen molar-refractivity contribution < 1.29 is 32.5 Å². The molecule has 1 saturated heterocycles. The van der Waals surface area contributed by atoms with Crippen LogP contribution in [0.25, 0.3) is 10.9 Å². The number of aryl methyl sites for hydroxylation is 1. The number of halogens is 3. The molecule has 3 heterocycles. The zero-order chi connectivity index (χ0) is 27.0. The Labute approximate surface area is 215 Å². The molecule has 1 atom stereocenters. The first kappa shape index (κ1) is 25.2. The van der Waals surface area contributed by atoms with Crippen LogP contribution in [0.4, 0.5) is 29.3 Å². The number of urea groups is 1. The van der Waals surface area contributed by atoms with E-state index in [4.69, 9.17) is 9.47 Å². The fraction of sp³-hybridized carbons (Fsp3) is 0.231. The normalized spacial score (nSPS) is 15.8. The number of methoxy groups -OCH3 is 1. The van der Waals surface area contributed by atoms with Crippen molar-refractivity contribution in [2.24, 2.45) is 0 Å². The fourth-order valence-corrected chi connectivity index (χ4v) is 4.27. The second-order valence-corrected chi connectivity index (χ2v) is 8.48. The minimum atomic E-state index is -4.61. The number of β-amino-alcohol motifs (C(OH)–C–C–N with tert-alkyl or cyclic N) is 1. The Balaban J connectivity index is 1.43. The maximum atomic E-state index is 13.2. The van der Waals surface area contributed by atoms with Gasteiger partial charge in [-0.05, 0) is 48.4 Å². The van der Waals surface area contributed by atoms with Gasteiger partial charge in [0.1, 0.15) is 17.8 Å². The van der Waals surface area contributed by atoms with Gasteiger partial charge in [0.15, 0.2) is 6.23 Å². The van der Waals surface area contributed by atoms with Crippen LogP contribution in [0.3, 0.4) is 0 Å². The predicted molar refractivity (Wildman–Crippen MR) is 132 cm³/mol. The number of aromatic nitrogens is 3. The molecule has 5 rings (SSSR count). The van der Waals surface area contributed by atoms with Gasteiger partial charge in [-0.2, -0.15) is 13.2 Å². The fourth-order valence-electron chi connectivity index (χ4n) is 4.27. The maximum absolute atomic E-state index is 13.2. The number of hydrogen-bond acceptors (Lipinski definition) is 7. The number of hydrogen-bond donors (Lipinski definition) is 1. The van der Waals surface area contributed by atoms with Gasteiger partial charge in [-0.1, -0.05) is 6.92 Å². The maximum Gasteiger partial charge on any atom is 0.417 e. The number of benzene rings is 2. The van der Waals surface area contributed by atoms with Crippen molar-refractivity contribution in [3.8, 4) is 17.4 Å². The topological polar surface area (TPSA) is 101 Å². The van der Waals surface area contributed by atoms with Crippen LogP contribution in [0.1, 0.15) is 18.1 Å². The average Bonchev–Trinajstić information content (AvgIpc) is 3.21. The Bertz CT molecular complexity index is 1510. The number of aliphatic hydroxyl groups excluding tert-OH is 1. The van der Waals surface area contributed by atoms with Gasteiger partial charge in [0.05, 0.1) is 47.7 Å².